The molecular formula is C14H20N4. The van der Waals surface area contributed by atoms with E-state index in [0.29, 0.717) is 0 Å². The smallest absolute Gasteiger partial charge is 0.125 e. The minimum absolute atomic E-state index is 0.842. The zero-order valence-electron chi connectivity index (χ0n) is 11.1. The number of aromatic nitrogens is 3. The zero-order chi connectivity index (χ0) is 12.8. The van der Waals surface area contributed by atoms with Crippen molar-refractivity contribution < 1.29 is 0 Å². The first-order valence-electron chi connectivity index (χ1n) is 6.52. The van der Waals surface area contributed by atoms with Crippen molar-refractivity contribution >= 4 is 5.82 Å². The van der Waals surface area contributed by atoms with Crippen LogP contribution in [0, 0.1) is 0 Å². The summed E-state index contributed by atoms with van der Waals surface area (Å²) in [6.07, 6.45) is 7.97. The van der Waals surface area contributed by atoms with Crippen molar-refractivity contribution in [2.75, 3.05) is 11.9 Å². The SMILES string of the molecule is CCCc1nccn1Cc1ccc(NCC)nc1. The molecule has 96 valence electrons. The van der Waals surface area contributed by atoms with Crippen molar-refractivity contribution in [2.45, 2.75) is 33.2 Å². The summed E-state index contributed by atoms with van der Waals surface area (Å²) in [7, 11) is 0. The highest BCUT2D eigenvalue weighted by molar-refractivity contribution is 5.35. The molecule has 2 aromatic heterocycles. The molecule has 0 unspecified atom stereocenters. The zero-order valence-corrected chi connectivity index (χ0v) is 11.1. The van der Waals surface area contributed by atoms with Crippen LogP contribution in [-0.2, 0) is 13.0 Å². The van der Waals surface area contributed by atoms with Gasteiger partial charge in [0.2, 0.25) is 0 Å². The Balaban J connectivity index is 2.06. The van der Waals surface area contributed by atoms with Crippen molar-refractivity contribution in [3.63, 3.8) is 0 Å². The van der Waals surface area contributed by atoms with Gasteiger partial charge < -0.3 is 9.88 Å². The second kappa shape index (κ2) is 6.19. The molecular weight excluding hydrogens is 224 g/mol. The fourth-order valence-electron chi connectivity index (χ4n) is 1.94. The van der Waals surface area contributed by atoms with Crippen LogP contribution < -0.4 is 5.32 Å². The molecule has 1 N–H and O–H groups in total. The predicted octanol–water partition coefficient (Wildman–Crippen LogP) is 2.71. The third kappa shape index (κ3) is 3.09. The Morgan fingerprint density at radius 2 is 2.11 bits per heavy atom. The van der Waals surface area contributed by atoms with Crippen molar-refractivity contribution in [2.24, 2.45) is 0 Å². The minimum Gasteiger partial charge on any atom is -0.370 e. The molecule has 2 heterocycles. The summed E-state index contributed by atoms with van der Waals surface area (Å²) in [6, 6.07) is 4.13. The van der Waals surface area contributed by atoms with Gasteiger partial charge in [-0.25, -0.2) is 9.97 Å². The van der Waals surface area contributed by atoms with Gasteiger partial charge in [-0.2, -0.15) is 0 Å². The molecule has 0 saturated carbocycles. The van der Waals surface area contributed by atoms with Crippen LogP contribution in [0.15, 0.2) is 30.7 Å². The average molecular weight is 244 g/mol. The Morgan fingerprint density at radius 1 is 1.22 bits per heavy atom. The van der Waals surface area contributed by atoms with Crippen molar-refractivity contribution in [1.29, 1.82) is 0 Å². The van der Waals surface area contributed by atoms with E-state index in [2.05, 4.69) is 39.8 Å². The highest BCUT2D eigenvalue weighted by Gasteiger charge is 2.02. The van der Waals surface area contributed by atoms with E-state index < -0.39 is 0 Å². The number of hydrogen-bond donors (Lipinski definition) is 1. The van der Waals surface area contributed by atoms with Crippen LogP contribution in [-0.4, -0.2) is 21.1 Å². The van der Waals surface area contributed by atoms with Gasteiger partial charge >= 0.3 is 0 Å². The maximum atomic E-state index is 4.38. The second-order valence-corrected chi connectivity index (χ2v) is 4.30. The highest BCUT2D eigenvalue weighted by Crippen LogP contribution is 2.09. The predicted molar refractivity (Wildman–Crippen MR) is 73.7 cm³/mol. The molecule has 0 saturated heterocycles. The van der Waals surface area contributed by atoms with Gasteiger partial charge in [-0.15, -0.1) is 0 Å². The summed E-state index contributed by atoms with van der Waals surface area (Å²) in [6.45, 7) is 5.98. The number of hydrogen-bond acceptors (Lipinski definition) is 3. The number of aryl methyl sites for hydroxylation is 1. The molecule has 0 fully saturated rings. The molecule has 0 aliphatic heterocycles. The lowest BCUT2D eigenvalue weighted by Crippen LogP contribution is -2.05. The van der Waals surface area contributed by atoms with Gasteiger partial charge in [0.1, 0.15) is 11.6 Å². The maximum Gasteiger partial charge on any atom is 0.125 e. The molecule has 0 atom stereocenters. The van der Waals surface area contributed by atoms with Crippen LogP contribution in [0.25, 0.3) is 0 Å². The monoisotopic (exact) mass is 244 g/mol. The third-order valence-corrected chi connectivity index (χ3v) is 2.81. The van der Waals surface area contributed by atoms with Crippen molar-refractivity contribution in [1.82, 2.24) is 14.5 Å². The second-order valence-electron chi connectivity index (χ2n) is 4.30. The molecule has 0 aliphatic rings. The van der Waals surface area contributed by atoms with Crippen molar-refractivity contribution in [3.8, 4) is 0 Å². The summed E-state index contributed by atoms with van der Waals surface area (Å²) in [4.78, 5) is 8.76. The van der Waals surface area contributed by atoms with Crippen LogP contribution in [0.5, 0.6) is 0 Å². The average Bonchev–Trinajstić information content (AvgIpc) is 2.80. The molecule has 2 aromatic rings. The van der Waals surface area contributed by atoms with Gasteiger partial charge in [-0.3, -0.25) is 0 Å². The summed E-state index contributed by atoms with van der Waals surface area (Å²) in [5, 5.41) is 3.20. The number of nitrogens with one attached hydrogen (secondary N) is 1. The van der Waals surface area contributed by atoms with Gasteiger partial charge in [0.25, 0.3) is 0 Å². The summed E-state index contributed by atoms with van der Waals surface area (Å²) in [5.74, 6) is 2.08. The van der Waals surface area contributed by atoms with Crippen molar-refractivity contribution in [3.05, 3.63) is 42.1 Å². The van der Waals surface area contributed by atoms with E-state index in [1.165, 1.54) is 5.56 Å². The van der Waals surface area contributed by atoms with Gasteiger partial charge in [0, 0.05) is 31.6 Å². The highest BCUT2D eigenvalue weighted by atomic mass is 15.1. The van der Waals surface area contributed by atoms with Gasteiger partial charge in [-0.1, -0.05) is 13.0 Å². The minimum atomic E-state index is 0.842. The van der Waals surface area contributed by atoms with E-state index >= 15 is 0 Å². The molecule has 4 heteroatoms. The maximum absolute atomic E-state index is 4.38. The summed E-state index contributed by atoms with van der Waals surface area (Å²) < 4.78 is 2.19. The fourth-order valence-corrected chi connectivity index (χ4v) is 1.94. The molecule has 0 amide bonds. The number of imidazole rings is 1. The Kier molecular flexibility index (Phi) is 4.34. The molecule has 0 bridgehead atoms. The Bertz CT molecular complexity index is 473. The fraction of sp³-hybridized carbons (Fsp3) is 0.429. The molecule has 0 aromatic carbocycles. The number of pyridine rings is 1. The topological polar surface area (TPSA) is 42.7 Å². The van der Waals surface area contributed by atoms with E-state index in [9.17, 15) is 0 Å². The first-order valence-corrected chi connectivity index (χ1v) is 6.52. The third-order valence-electron chi connectivity index (χ3n) is 2.81. The van der Waals surface area contributed by atoms with E-state index in [1.54, 1.807) is 0 Å². The van der Waals surface area contributed by atoms with Gasteiger partial charge in [0.15, 0.2) is 0 Å². The Morgan fingerprint density at radius 3 is 2.78 bits per heavy atom. The Hall–Kier alpha value is -1.84. The van der Waals surface area contributed by atoms with Crippen LogP contribution in [0.4, 0.5) is 5.82 Å². The quantitative estimate of drug-likeness (QED) is 0.849. The number of rotatable bonds is 6. The lowest BCUT2D eigenvalue weighted by atomic mass is 10.2. The molecule has 0 spiro atoms. The van der Waals surface area contributed by atoms with E-state index in [1.807, 2.05) is 24.7 Å². The lowest BCUT2D eigenvalue weighted by Gasteiger charge is -2.08. The van der Waals surface area contributed by atoms with Crippen LogP contribution in [0.3, 0.4) is 0 Å². The lowest BCUT2D eigenvalue weighted by molar-refractivity contribution is 0.703. The van der Waals surface area contributed by atoms with E-state index in [4.69, 9.17) is 0 Å². The Labute approximate surface area is 108 Å². The van der Waals surface area contributed by atoms with Gasteiger partial charge in [-0.05, 0) is 25.0 Å². The molecule has 18 heavy (non-hydrogen) atoms. The standard InChI is InChI=1S/C14H20N4/c1-3-5-14-16-8-9-18(14)11-12-6-7-13(15-4-2)17-10-12/h6-10H,3-5,11H2,1-2H3,(H,15,17). The molecule has 0 radical (unpaired) electrons. The van der Waals surface area contributed by atoms with Gasteiger partial charge in [0.05, 0.1) is 6.54 Å². The number of anilines is 1. The first-order chi connectivity index (χ1) is 8.83. The van der Waals surface area contributed by atoms with E-state index in [0.717, 1.165) is 37.6 Å². The van der Waals surface area contributed by atoms with Crippen LogP contribution in [0.1, 0.15) is 31.7 Å². The summed E-state index contributed by atoms with van der Waals surface area (Å²) >= 11 is 0. The number of nitrogens with zero attached hydrogens (tertiary/aromatic N) is 3. The van der Waals surface area contributed by atoms with Crippen LogP contribution >= 0.6 is 0 Å². The molecule has 2 rings (SSSR count). The first kappa shape index (κ1) is 12.6. The van der Waals surface area contributed by atoms with E-state index in [-0.39, 0.29) is 0 Å². The van der Waals surface area contributed by atoms with Crippen LogP contribution in [0.2, 0.25) is 0 Å². The normalized spacial score (nSPS) is 10.6. The summed E-state index contributed by atoms with van der Waals surface area (Å²) in [5.41, 5.74) is 1.20. The molecule has 0 aliphatic carbocycles. The largest absolute Gasteiger partial charge is 0.370 e. The molecule has 4 nitrogen and oxygen atoms in total.